The maximum absolute atomic E-state index is 12.4. The van der Waals surface area contributed by atoms with Crippen LogP contribution in [-0.2, 0) is 29.2 Å². The Morgan fingerprint density at radius 1 is 1.37 bits per heavy atom. The summed E-state index contributed by atoms with van der Waals surface area (Å²) in [5, 5.41) is 5.44. The van der Waals surface area contributed by atoms with Gasteiger partial charge >= 0.3 is 5.97 Å². The lowest BCUT2D eigenvalue weighted by Crippen LogP contribution is -3.16. The van der Waals surface area contributed by atoms with E-state index in [-0.39, 0.29) is 12.0 Å². The van der Waals surface area contributed by atoms with Crippen LogP contribution in [-0.4, -0.2) is 33.3 Å². The highest BCUT2D eigenvalue weighted by atomic mass is 35.5. The molecule has 9 heteroatoms. The van der Waals surface area contributed by atoms with E-state index in [2.05, 4.69) is 17.2 Å². The number of rotatable bonds is 3. The maximum Gasteiger partial charge on any atom is 0.365 e. The van der Waals surface area contributed by atoms with Gasteiger partial charge in [-0.3, -0.25) is 4.40 Å². The molecule has 1 N–H and O–H groups in total. The van der Waals surface area contributed by atoms with Gasteiger partial charge in [-0.15, -0.1) is 5.10 Å². The average molecular weight is 424 g/mol. The van der Waals surface area contributed by atoms with Crippen molar-refractivity contribution in [1.82, 2.24) is 14.2 Å². The van der Waals surface area contributed by atoms with Crippen molar-refractivity contribution in [2.24, 2.45) is 0 Å². The van der Waals surface area contributed by atoms with Crippen molar-refractivity contribution >= 4 is 47.0 Å². The Morgan fingerprint density at radius 3 is 2.85 bits per heavy atom. The fourth-order valence-electron chi connectivity index (χ4n) is 3.56. The highest BCUT2D eigenvalue weighted by molar-refractivity contribution is 7.71. The number of carbonyl (C=O) groups is 1. The van der Waals surface area contributed by atoms with E-state index in [1.165, 1.54) is 18.2 Å². The van der Waals surface area contributed by atoms with Crippen LogP contribution in [0.4, 0.5) is 0 Å². The first-order valence-electron chi connectivity index (χ1n) is 8.41. The van der Waals surface area contributed by atoms with Crippen molar-refractivity contribution in [3.63, 3.8) is 0 Å². The Bertz CT molecular complexity index is 1090. The summed E-state index contributed by atoms with van der Waals surface area (Å²) in [6.45, 7) is 1.10. The topological polar surface area (TPSA) is 53.0 Å². The summed E-state index contributed by atoms with van der Waals surface area (Å²) < 4.78 is 8.89. The number of nitrogens with one attached hydrogen (secondary N) is 1. The monoisotopic (exact) mass is 423 g/mol. The summed E-state index contributed by atoms with van der Waals surface area (Å²) in [4.78, 5) is 13.4. The van der Waals surface area contributed by atoms with Crippen LogP contribution in [0.5, 0.6) is 0 Å². The Morgan fingerprint density at radius 2 is 2.11 bits per heavy atom. The molecule has 1 aromatic carbocycles. The Labute approximate surface area is 170 Å². The molecule has 2 aromatic heterocycles. The second-order valence-electron chi connectivity index (χ2n) is 6.52. The van der Waals surface area contributed by atoms with E-state index < -0.39 is 0 Å². The number of hydrogen-bond donors (Lipinski definition) is 1. The highest BCUT2D eigenvalue weighted by Gasteiger charge is 2.36. The average Bonchev–Trinajstić information content (AvgIpc) is 2.97. The molecular formula is C18H17Cl2N4O2S+. The largest absolute Gasteiger partial charge is 0.465 e. The molecule has 0 spiro atoms. The highest BCUT2D eigenvalue weighted by Crippen LogP contribution is 2.21. The number of esters is 1. The molecule has 1 unspecified atom stereocenters. The number of ether oxygens (including phenoxy) is 1. The Hall–Kier alpha value is -1.93. The Balaban J connectivity index is 1.73. The number of methoxy groups -OCH3 is 1. The maximum atomic E-state index is 12.4. The second-order valence-corrected chi connectivity index (χ2v) is 7.73. The number of nitrogens with zero attached hydrogens (tertiary/aromatic N) is 3. The summed E-state index contributed by atoms with van der Waals surface area (Å²) >= 11 is 17.9. The van der Waals surface area contributed by atoms with Gasteiger partial charge in [0.1, 0.15) is 6.54 Å². The lowest BCUT2D eigenvalue weighted by atomic mass is 9.94. The van der Waals surface area contributed by atoms with Crippen molar-refractivity contribution in [3.05, 3.63) is 62.5 Å². The van der Waals surface area contributed by atoms with Gasteiger partial charge in [0.2, 0.25) is 4.77 Å². The number of fused-ring (bicyclic) bond motifs is 2. The van der Waals surface area contributed by atoms with Gasteiger partial charge in [-0.1, -0.05) is 47.5 Å². The van der Waals surface area contributed by atoms with Crippen LogP contribution in [0.1, 0.15) is 11.1 Å². The number of benzene rings is 1. The molecule has 0 saturated heterocycles. The molecule has 3 heterocycles. The van der Waals surface area contributed by atoms with Gasteiger partial charge in [0.15, 0.2) is 18.4 Å². The molecule has 0 saturated carbocycles. The van der Waals surface area contributed by atoms with Crippen LogP contribution in [0.25, 0.3) is 5.65 Å². The van der Waals surface area contributed by atoms with E-state index in [0.717, 1.165) is 4.90 Å². The third-order valence-corrected chi connectivity index (χ3v) is 5.78. The minimum Gasteiger partial charge on any atom is -0.465 e. The van der Waals surface area contributed by atoms with Gasteiger partial charge in [-0.05, 0) is 23.8 Å². The molecule has 1 aliphatic heterocycles. The number of halogens is 2. The van der Waals surface area contributed by atoms with Crippen LogP contribution < -0.4 is 4.90 Å². The van der Waals surface area contributed by atoms with Crippen LogP contribution >= 0.6 is 35.4 Å². The zero-order valence-electron chi connectivity index (χ0n) is 14.5. The predicted molar refractivity (Wildman–Crippen MR) is 105 cm³/mol. The number of pyridine rings is 1. The summed E-state index contributed by atoms with van der Waals surface area (Å²) in [7, 11) is 1.42. The first-order valence-corrected chi connectivity index (χ1v) is 9.57. The molecular weight excluding hydrogens is 407 g/mol. The number of quaternary nitrogens is 1. The smallest absolute Gasteiger partial charge is 0.365 e. The van der Waals surface area contributed by atoms with Gasteiger partial charge < -0.3 is 9.64 Å². The summed E-state index contributed by atoms with van der Waals surface area (Å²) in [6, 6.07) is 9.44. The predicted octanol–water partition coefficient (Wildman–Crippen LogP) is 2.31. The van der Waals surface area contributed by atoms with Gasteiger partial charge in [0, 0.05) is 18.2 Å². The molecule has 2 atom stereocenters. The molecule has 27 heavy (non-hydrogen) atoms. The van der Waals surface area contributed by atoms with E-state index in [0.29, 0.717) is 40.1 Å². The van der Waals surface area contributed by atoms with Crippen molar-refractivity contribution in [2.75, 3.05) is 7.11 Å². The number of carbonyl (C=O) groups excluding carboxylic acids is 1. The lowest BCUT2D eigenvalue weighted by molar-refractivity contribution is -0.955. The molecule has 3 aromatic rings. The van der Waals surface area contributed by atoms with E-state index in [1.54, 1.807) is 21.3 Å². The second kappa shape index (κ2) is 7.24. The first kappa shape index (κ1) is 18.4. The summed E-state index contributed by atoms with van der Waals surface area (Å²) in [6.07, 6.45) is 2.30. The van der Waals surface area contributed by atoms with Crippen molar-refractivity contribution in [3.8, 4) is 0 Å². The van der Waals surface area contributed by atoms with Gasteiger partial charge in [0.25, 0.3) is 0 Å². The fourth-order valence-corrected chi connectivity index (χ4v) is 4.31. The van der Waals surface area contributed by atoms with Crippen LogP contribution in [0.15, 0.2) is 36.5 Å². The number of aromatic nitrogens is 3. The minimum absolute atomic E-state index is 0.240. The third kappa shape index (κ3) is 3.36. The van der Waals surface area contributed by atoms with Gasteiger partial charge in [-0.2, -0.15) is 4.68 Å². The van der Waals surface area contributed by atoms with E-state index >= 15 is 0 Å². The molecule has 1 aliphatic rings. The molecule has 140 valence electrons. The Kier molecular flexibility index (Phi) is 4.94. The third-order valence-electron chi connectivity index (χ3n) is 4.89. The van der Waals surface area contributed by atoms with Crippen molar-refractivity contribution in [2.45, 2.75) is 25.7 Å². The lowest BCUT2D eigenvalue weighted by Gasteiger charge is -2.31. The molecule has 4 rings (SSSR count). The SMILES string of the molecule is COC(=O)[C@H]1Cc2ccccc2C[NH+]1Cn1nc2c(Cl)cc(Cl)cn2c1=S. The molecule has 0 fully saturated rings. The molecule has 0 amide bonds. The van der Waals surface area contributed by atoms with Crippen LogP contribution in [0.3, 0.4) is 0 Å². The molecule has 0 aliphatic carbocycles. The standard InChI is InChI=1S/C18H16Cl2N4O2S/c1-26-17(25)15-6-11-4-2-3-5-12(11)8-22(15)10-24-18(27)23-9-13(19)7-14(20)16(23)21-24/h2-5,7,9,15H,6,8,10H2,1H3/p+1/t15-/m1/s1. The summed E-state index contributed by atoms with van der Waals surface area (Å²) in [5.41, 5.74) is 2.92. The van der Waals surface area contributed by atoms with Crippen LogP contribution in [0, 0.1) is 4.77 Å². The molecule has 0 bridgehead atoms. The van der Waals surface area contributed by atoms with Gasteiger partial charge in [0.05, 0.1) is 17.2 Å². The first-order chi connectivity index (χ1) is 13.0. The van der Waals surface area contributed by atoms with Gasteiger partial charge in [-0.25, -0.2) is 4.79 Å². The van der Waals surface area contributed by atoms with Crippen molar-refractivity contribution < 1.29 is 14.4 Å². The summed E-state index contributed by atoms with van der Waals surface area (Å²) in [5.74, 6) is -0.240. The zero-order chi connectivity index (χ0) is 19.1. The minimum atomic E-state index is -0.323. The van der Waals surface area contributed by atoms with E-state index in [9.17, 15) is 4.79 Å². The number of hydrogen-bond acceptors (Lipinski definition) is 4. The molecule has 6 nitrogen and oxygen atoms in total. The fraction of sp³-hybridized carbons (Fsp3) is 0.278. The van der Waals surface area contributed by atoms with Crippen LogP contribution in [0.2, 0.25) is 10.0 Å². The quantitative estimate of drug-likeness (QED) is 0.518. The molecule has 0 radical (unpaired) electrons. The van der Waals surface area contributed by atoms with Crippen molar-refractivity contribution in [1.29, 1.82) is 0 Å². The van der Waals surface area contributed by atoms with E-state index in [4.69, 9.17) is 40.2 Å². The normalized spacial score (nSPS) is 19.1. The van der Waals surface area contributed by atoms with E-state index in [1.807, 2.05) is 12.1 Å². The zero-order valence-corrected chi connectivity index (χ0v) is 16.8.